The fourth-order valence-corrected chi connectivity index (χ4v) is 2.66. The lowest BCUT2D eigenvalue weighted by Gasteiger charge is -2.38. The van der Waals surface area contributed by atoms with E-state index >= 15 is 0 Å². The normalized spacial score (nSPS) is 24.2. The zero-order chi connectivity index (χ0) is 10.4. The number of hydrogen-bond acceptors (Lipinski definition) is 3. The molecule has 3 N–H and O–H groups in total. The van der Waals surface area contributed by atoms with Gasteiger partial charge < -0.3 is 4.74 Å². The first kappa shape index (κ1) is 12.0. The van der Waals surface area contributed by atoms with E-state index in [0.29, 0.717) is 6.04 Å². The van der Waals surface area contributed by atoms with Gasteiger partial charge in [-0.15, -0.1) is 0 Å². The van der Waals surface area contributed by atoms with Gasteiger partial charge in [0.05, 0.1) is 5.60 Å². The van der Waals surface area contributed by atoms with E-state index in [4.69, 9.17) is 10.6 Å². The second-order valence-corrected chi connectivity index (χ2v) is 4.31. The van der Waals surface area contributed by atoms with Crippen LogP contribution in [-0.4, -0.2) is 18.8 Å². The summed E-state index contributed by atoms with van der Waals surface area (Å²) in [6, 6.07) is 0.297. The Bertz CT molecular complexity index is 149. The van der Waals surface area contributed by atoms with Crippen LogP contribution < -0.4 is 11.3 Å². The van der Waals surface area contributed by atoms with Crippen LogP contribution in [0.4, 0.5) is 0 Å². The minimum Gasteiger partial charge on any atom is -0.377 e. The summed E-state index contributed by atoms with van der Waals surface area (Å²) in [5.41, 5.74) is 2.90. The molecule has 1 rings (SSSR count). The lowest BCUT2D eigenvalue weighted by molar-refractivity contribution is -0.0536. The molecule has 1 unspecified atom stereocenters. The van der Waals surface area contributed by atoms with Crippen LogP contribution in [0.2, 0.25) is 0 Å². The van der Waals surface area contributed by atoms with Gasteiger partial charge in [0.2, 0.25) is 0 Å². The van der Waals surface area contributed by atoms with Crippen LogP contribution in [0.25, 0.3) is 0 Å². The first-order valence-electron chi connectivity index (χ1n) is 5.80. The third-order valence-corrected chi connectivity index (χ3v) is 3.60. The Morgan fingerprint density at radius 2 is 1.86 bits per heavy atom. The van der Waals surface area contributed by atoms with Crippen molar-refractivity contribution >= 4 is 0 Å². The Morgan fingerprint density at radius 3 is 2.21 bits per heavy atom. The molecule has 0 aromatic carbocycles. The molecule has 1 saturated carbocycles. The zero-order valence-corrected chi connectivity index (χ0v) is 9.51. The summed E-state index contributed by atoms with van der Waals surface area (Å²) < 4.78 is 5.76. The van der Waals surface area contributed by atoms with Crippen molar-refractivity contribution in [2.45, 2.75) is 63.5 Å². The van der Waals surface area contributed by atoms with Crippen molar-refractivity contribution in [2.75, 3.05) is 7.11 Å². The molecule has 0 spiro atoms. The van der Waals surface area contributed by atoms with Crippen molar-refractivity contribution in [3.8, 4) is 0 Å². The predicted molar refractivity (Wildman–Crippen MR) is 58.8 cm³/mol. The van der Waals surface area contributed by atoms with Gasteiger partial charge in [-0.25, -0.2) is 0 Å². The molecule has 0 heterocycles. The number of nitrogens with two attached hydrogens (primary N) is 1. The molecule has 14 heavy (non-hydrogen) atoms. The molecule has 0 radical (unpaired) electrons. The molecule has 0 aromatic heterocycles. The summed E-state index contributed by atoms with van der Waals surface area (Å²) in [4.78, 5) is 0. The van der Waals surface area contributed by atoms with Gasteiger partial charge in [0.1, 0.15) is 0 Å². The molecule has 1 aliphatic rings. The summed E-state index contributed by atoms with van der Waals surface area (Å²) >= 11 is 0. The van der Waals surface area contributed by atoms with E-state index in [1.165, 1.54) is 25.7 Å². The zero-order valence-electron chi connectivity index (χ0n) is 9.51. The van der Waals surface area contributed by atoms with E-state index in [1.54, 1.807) is 0 Å². The topological polar surface area (TPSA) is 47.3 Å². The predicted octanol–water partition coefficient (Wildman–Crippen LogP) is 1.97. The van der Waals surface area contributed by atoms with Crippen LogP contribution in [0.1, 0.15) is 51.9 Å². The molecular weight excluding hydrogens is 176 g/mol. The maximum absolute atomic E-state index is 5.76. The van der Waals surface area contributed by atoms with E-state index in [0.717, 1.165) is 19.3 Å². The highest BCUT2D eigenvalue weighted by atomic mass is 16.5. The number of ether oxygens (including phenoxy) is 1. The summed E-state index contributed by atoms with van der Waals surface area (Å²) in [6.07, 6.45) is 8.54. The lowest BCUT2D eigenvalue weighted by Crippen LogP contribution is -2.54. The highest BCUT2D eigenvalue weighted by Crippen LogP contribution is 2.33. The van der Waals surface area contributed by atoms with Crippen molar-refractivity contribution in [3.63, 3.8) is 0 Å². The third-order valence-electron chi connectivity index (χ3n) is 3.60. The van der Waals surface area contributed by atoms with Crippen molar-refractivity contribution in [2.24, 2.45) is 5.84 Å². The Kier molecular flexibility index (Phi) is 4.85. The maximum atomic E-state index is 5.76. The van der Waals surface area contributed by atoms with E-state index < -0.39 is 0 Å². The summed E-state index contributed by atoms with van der Waals surface area (Å²) in [5, 5.41) is 0. The molecule has 1 atom stereocenters. The van der Waals surface area contributed by atoms with Gasteiger partial charge in [0, 0.05) is 13.2 Å². The molecule has 0 aliphatic heterocycles. The second-order valence-electron chi connectivity index (χ2n) is 4.31. The summed E-state index contributed by atoms with van der Waals surface area (Å²) in [6.45, 7) is 2.16. The monoisotopic (exact) mass is 200 g/mol. The van der Waals surface area contributed by atoms with Crippen molar-refractivity contribution in [1.29, 1.82) is 0 Å². The molecule has 84 valence electrons. The van der Waals surface area contributed by atoms with Crippen molar-refractivity contribution in [3.05, 3.63) is 0 Å². The molecular formula is C11H24N2O. The Hall–Kier alpha value is -0.120. The number of methoxy groups -OCH3 is 1. The average molecular weight is 200 g/mol. The van der Waals surface area contributed by atoms with Crippen LogP contribution in [0, 0.1) is 0 Å². The van der Waals surface area contributed by atoms with Crippen LogP contribution in [0.3, 0.4) is 0 Å². The smallest absolute Gasteiger partial charge is 0.0844 e. The van der Waals surface area contributed by atoms with Crippen LogP contribution >= 0.6 is 0 Å². The van der Waals surface area contributed by atoms with Crippen LogP contribution in [0.15, 0.2) is 0 Å². The summed E-state index contributed by atoms with van der Waals surface area (Å²) in [7, 11) is 1.82. The number of nitrogens with one attached hydrogen (secondary N) is 1. The molecule has 0 aromatic rings. The van der Waals surface area contributed by atoms with Gasteiger partial charge in [0.15, 0.2) is 0 Å². The SMILES string of the molecule is CCC(NN)C1(OC)CCCCCC1. The first-order valence-corrected chi connectivity index (χ1v) is 5.80. The van der Waals surface area contributed by atoms with E-state index in [-0.39, 0.29) is 5.60 Å². The highest BCUT2D eigenvalue weighted by molar-refractivity contribution is 4.92. The van der Waals surface area contributed by atoms with Gasteiger partial charge >= 0.3 is 0 Å². The largest absolute Gasteiger partial charge is 0.377 e. The molecule has 1 fully saturated rings. The quantitative estimate of drug-likeness (QED) is 0.414. The van der Waals surface area contributed by atoms with Gasteiger partial charge in [-0.1, -0.05) is 32.6 Å². The highest BCUT2D eigenvalue weighted by Gasteiger charge is 2.37. The Balaban J connectivity index is 2.69. The lowest BCUT2D eigenvalue weighted by atomic mass is 9.85. The van der Waals surface area contributed by atoms with Gasteiger partial charge in [0.25, 0.3) is 0 Å². The molecule has 3 heteroatoms. The Morgan fingerprint density at radius 1 is 1.29 bits per heavy atom. The minimum atomic E-state index is -0.0139. The van der Waals surface area contributed by atoms with E-state index in [9.17, 15) is 0 Å². The van der Waals surface area contributed by atoms with Gasteiger partial charge in [-0.2, -0.15) is 0 Å². The molecule has 0 amide bonds. The number of rotatable bonds is 4. The molecule has 1 aliphatic carbocycles. The van der Waals surface area contributed by atoms with Crippen molar-refractivity contribution < 1.29 is 4.74 Å². The maximum Gasteiger partial charge on any atom is 0.0844 e. The van der Waals surface area contributed by atoms with E-state index in [2.05, 4.69) is 12.3 Å². The summed E-state index contributed by atoms with van der Waals surface area (Å²) in [5.74, 6) is 5.60. The van der Waals surface area contributed by atoms with Gasteiger partial charge in [-0.05, 0) is 19.3 Å². The Labute approximate surface area is 87.4 Å². The van der Waals surface area contributed by atoms with Gasteiger partial charge in [-0.3, -0.25) is 11.3 Å². The average Bonchev–Trinajstić information content (AvgIpc) is 2.46. The number of hydrogen-bond donors (Lipinski definition) is 2. The fraction of sp³-hybridized carbons (Fsp3) is 1.00. The fourth-order valence-electron chi connectivity index (χ4n) is 2.66. The third kappa shape index (κ3) is 2.47. The standard InChI is InChI=1S/C11H24N2O/c1-3-10(13-12)11(14-2)8-6-4-5-7-9-11/h10,13H,3-9,12H2,1-2H3. The minimum absolute atomic E-state index is 0.0139. The molecule has 0 bridgehead atoms. The van der Waals surface area contributed by atoms with Crippen molar-refractivity contribution in [1.82, 2.24) is 5.43 Å². The first-order chi connectivity index (χ1) is 6.79. The number of hydrazine groups is 1. The van der Waals surface area contributed by atoms with Crippen LogP contribution in [-0.2, 0) is 4.74 Å². The second kappa shape index (κ2) is 5.69. The molecule has 0 saturated heterocycles. The van der Waals surface area contributed by atoms with E-state index in [1.807, 2.05) is 7.11 Å². The molecule has 3 nitrogen and oxygen atoms in total. The van der Waals surface area contributed by atoms with Crippen LogP contribution in [0.5, 0.6) is 0 Å².